The lowest BCUT2D eigenvalue weighted by Gasteiger charge is -2.63. The van der Waals surface area contributed by atoms with E-state index in [1.807, 2.05) is 58.4 Å². The van der Waals surface area contributed by atoms with E-state index in [1.54, 1.807) is 31.9 Å². The summed E-state index contributed by atoms with van der Waals surface area (Å²) in [5.41, 5.74) is -2.12. The summed E-state index contributed by atoms with van der Waals surface area (Å²) in [7, 11) is 9.48. The normalized spacial score (nSPS) is 28.2. The standard InChI is InChI=1S/C48H60BN4O10.C4H6.2C3H7NO.C3H8.C2H6S/c1-8-44(58)23-29-24-47(42(56)61-6,38-31(14-18-51(25-29)26-44)32-20-30(49-10-3)12-13-35(32)50-38)34-21-33-36(22-37(34)60-5)53(27-54)40-46(33)16-19-52-17-11-15-45(9-2,39(46)52)41(63-28(4)55)48(40,59)43(57)62-7;1-3-4-2;2*1-3(5)4-2;2*1-3-2/h11-13,15,20-22,27,29,39-41,50,58-59H,8-10,14,16-19,23-26H2,1-7H3;1-2H3;2*1-2H3,(H,4,5);3H2,1-2H3;1-2H3/t29-,39-,40+,41+,44-,45+,46+,47-,48-;;;;;/m0...../s1. The molecule has 3 amide bonds. The van der Waals surface area contributed by atoms with Crippen molar-refractivity contribution in [3.05, 3.63) is 64.9 Å². The lowest BCUT2D eigenvalue weighted by Crippen LogP contribution is -2.81. The molecule has 2 saturated heterocycles. The molecule has 1 unspecified atom stereocenters. The van der Waals surface area contributed by atoms with Gasteiger partial charge in [0, 0.05) is 106 Å². The van der Waals surface area contributed by atoms with Crippen molar-refractivity contribution in [2.45, 2.75) is 161 Å². The maximum atomic E-state index is 15.5. The summed E-state index contributed by atoms with van der Waals surface area (Å²) >= 11 is 1.75. The number of rotatable bonds is 10. The van der Waals surface area contributed by atoms with Crippen LogP contribution in [-0.2, 0) is 60.2 Å². The highest BCUT2D eigenvalue weighted by atomic mass is 32.2. The van der Waals surface area contributed by atoms with Crippen LogP contribution in [-0.4, -0.2) is 178 Å². The molecule has 3 aromatic rings. The van der Waals surface area contributed by atoms with Gasteiger partial charge in [-0.1, -0.05) is 77.1 Å². The van der Waals surface area contributed by atoms with E-state index in [2.05, 4.69) is 83.5 Å². The summed E-state index contributed by atoms with van der Waals surface area (Å²) in [6.07, 6.45) is 12.0. The third-order valence-electron chi connectivity index (χ3n) is 17.0. The SMILES string of the molecule is CC#CC.CCC.CC[B]c1ccc2[nH]c3c(c2c1)CCN1C[C@@H](C[C@@](O)(CC)C1)C[C@]3(C(=O)OC)c1cc2c(cc1OC)N(C=O)[C@H]1[C@@](O)(C(=O)OC)[C@H](OC(C)=O)[C@]3(CC)C=CCN4CC[C@]21[C@@H]43.CNC(C)=O.CNC(C)=O.CSC. The Bertz CT molecular complexity index is 2830. The first-order valence-electron chi connectivity index (χ1n) is 29.0. The third kappa shape index (κ3) is 13.5. The molecular weight excluding hydrogens is 1080 g/mol. The van der Waals surface area contributed by atoms with Gasteiger partial charge in [-0.3, -0.25) is 33.8 Å². The highest BCUT2D eigenvalue weighted by molar-refractivity contribution is 7.97. The minimum atomic E-state index is -2.54. The molecule has 457 valence electrons. The molecule has 1 aliphatic carbocycles. The Morgan fingerprint density at radius 1 is 0.867 bits per heavy atom. The number of thioether (sulfide) groups is 1. The monoisotopic (exact) mass is 1170 g/mol. The van der Waals surface area contributed by atoms with Crippen LogP contribution in [0.3, 0.4) is 0 Å². The molecule has 10 atom stereocenters. The van der Waals surface area contributed by atoms with Crippen LogP contribution < -0.4 is 25.7 Å². The van der Waals surface area contributed by atoms with E-state index < -0.39 is 63.5 Å². The van der Waals surface area contributed by atoms with Crippen molar-refractivity contribution in [3.63, 3.8) is 0 Å². The molecule has 2 bridgehead atoms. The second kappa shape index (κ2) is 30.3. The fraction of sp³-hybridized carbons (Fsp3) is 0.619. The average Bonchev–Trinajstić information content (AvgIpc) is 1.90. The lowest BCUT2D eigenvalue weighted by atomic mass is 9.47. The number of carbonyl (C=O) groups is 6. The molecule has 2 aromatic carbocycles. The second-order valence-corrected chi connectivity index (χ2v) is 23.0. The Hall–Kier alpha value is -5.85. The zero-order chi connectivity index (χ0) is 62.3. The maximum Gasteiger partial charge on any atom is 0.344 e. The Labute approximate surface area is 498 Å². The number of esters is 3. The lowest BCUT2D eigenvalue weighted by molar-refractivity contribution is -0.228. The van der Waals surface area contributed by atoms with Crippen LogP contribution in [0.5, 0.6) is 5.75 Å². The van der Waals surface area contributed by atoms with E-state index in [9.17, 15) is 34.2 Å². The Morgan fingerprint density at radius 2 is 1.48 bits per heavy atom. The number of anilines is 1. The Kier molecular flexibility index (Phi) is 25.4. The average molecular weight is 1170 g/mol. The number of aliphatic hydroxyl groups is 2. The van der Waals surface area contributed by atoms with Crippen LogP contribution >= 0.6 is 11.8 Å². The van der Waals surface area contributed by atoms with Crippen LogP contribution in [0.4, 0.5) is 5.69 Å². The molecule has 1 spiro atoms. The predicted octanol–water partition coefficient (Wildman–Crippen LogP) is 6.21. The molecule has 9 rings (SSSR count). The number of methoxy groups -OCH3 is 3. The Morgan fingerprint density at radius 3 is 1.99 bits per heavy atom. The van der Waals surface area contributed by atoms with Crippen LogP contribution in [0.2, 0.25) is 6.32 Å². The van der Waals surface area contributed by atoms with Crippen molar-refractivity contribution in [1.82, 2.24) is 25.4 Å². The van der Waals surface area contributed by atoms with Gasteiger partial charge in [0.1, 0.15) is 11.2 Å². The van der Waals surface area contributed by atoms with Gasteiger partial charge in [0.05, 0.1) is 38.7 Å². The number of benzene rings is 2. The number of nitrogens with zero attached hydrogens (tertiary/aromatic N) is 3. The summed E-state index contributed by atoms with van der Waals surface area (Å²) in [5.74, 6) is 3.29. The molecule has 5 N–H and O–H groups in total. The molecule has 5 aliphatic heterocycles. The third-order valence-corrected chi connectivity index (χ3v) is 17.0. The second-order valence-electron chi connectivity index (χ2n) is 22.2. The number of aromatic amines is 1. The predicted molar refractivity (Wildman–Crippen MR) is 330 cm³/mol. The first kappa shape index (κ1) is 69.6. The van der Waals surface area contributed by atoms with Crippen molar-refractivity contribution >= 4 is 77.2 Å². The summed E-state index contributed by atoms with van der Waals surface area (Å²) in [4.78, 5) is 86.0. The summed E-state index contributed by atoms with van der Waals surface area (Å²) < 4.78 is 23.8. The number of hydrogen-bond donors (Lipinski definition) is 5. The van der Waals surface area contributed by atoms with E-state index in [0.29, 0.717) is 99.5 Å². The number of carbonyl (C=O) groups excluding carboxylic acids is 6. The van der Waals surface area contributed by atoms with E-state index in [4.69, 9.17) is 18.9 Å². The van der Waals surface area contributed by atoms with Gasteiger partial charge in [-0.25, -0.2) is 4.79 Å². The van der Waals surface area contributed by atoms with Gasteiger partial charge < -0.3 is 49.7 Å². The van der Waals surface area contributed by atoms with Crippen molar-refractivity contribution in [1.29, 1.82) is 0 Å². The molecule has 18 nitrogen and oxygen atoms in total. The minimum absolute atomic E-state index is 0.00463. The molecule has 1 saturated carbocycles. The first-order chi connectivity index (χ1) is 39.5. The quantitative estimate of drug-likeness (QED) is 0.0380. The van der Waals surface area contributed by atoms with Gasteiger partial charge in [-0.2, -0.15) is 11.8 Å². The molecule has 3 fully saturated rings. The number of H-pyrrole nitrogens is 1. The summed E-state index contributed by atoms with van der Waals surface area (Å²) in [5, 5.41) is 31.2. The number of aromatic nitrogens is 1. The summed E-state index contributed by atoms with van der Waals surface area (Å²) in [6.45, 7) is 21.1. The van der Waals surface area contributed by atoms with E-state index in [0.717, 1.165) is 28.2 Å². The summed E-state index contributed by atoms with van der Waals surface area (Å²) in [6, 6.07) is 8.28. The molecule has 83 heavy (non-hydrogen) atoms. The number of ether oxygens (including phenoxy) is 4. The fourth-order valence-corrected chi connectivity index (χ4v) is 13.8. The van der Waals surface area contributed by atoms with Gasteiger partial charge in [-0.15, -0.1) is 11.8 Å². The first-order valence-corrected chi connectivity index (χ1v) is 30.6. The van der Waals surface area contributed by atoms with Crippen molar-refractivity contribution in [2.75, 3.05) is 85.6 Å². The van der Waals surface area contributed by atoms with Gasteiger partial charge in [0.15, 0.2) is 13.4 Å². The van der Waals surface area contributed by atoms with Crippen molar-refractivity contribution < 1.29 is 57.9 Å². The van der Waals surface area contributed by atoms with Crippen molar-refractivity contribution in [2.24, 2.45) is 11.3 Å². The van der Waals surface area contributed by atoms with Gasteiger partial charge in [0.2, 0.25) is 23.8 Å². The van der Waals surface area contributed by atoms with Crippen molar-refractivity contribution in [3.8, 4) is 17.6 Å². The molecule has 6 aliphatic rings. The number of nitrogens with one attached hydrogen (secondary N) is 3. The highest BCUT2D eigenvalue weighted by Crippen LogP contribution is 2.68. The van der Waals surface area contributed by atoms with Crippen LogP contribution in [0.25, 0.3) is 10.9 Å². The molecule has 6 heterocycles. The number of hydrogen-bond acceptors (Lipinski definition) is 15. The van der Waals surface area contributed by atoms with Gasteiger partial charge in [0.25, 0.3) is 0 Å². The molecule has 1 aromatic heterocycles. The zero-order valence-electron chi connectivity index (χ0n) is 52.4. The highest BCUT2D eigenvalue weighted by Gasteiger charge is 2.81. The number of amides is 3. The molecule has 20 heteroatoms. The fourth-order valence-electron chi connectivity index (χ4n) is 13.8. The zero-order valence-corrected chi connectivity index (χ0v) is 53.2. The van der Waals surface area contributed by atoms with E-state index in [-0.39, 0.29) is 24.2 Å². The molecule has 1 radical (unpaired) electrons. The Balaban J connectivity index is 0.000000643. The smallest absolute Gasteiger partial charge is 0.344 e. The largest absolute Gasteiger partial charge is 0.496 e. The van der Waals surface area contributed by atoms with Gasteiger partial charge >= 0.3 is 17.9 Å². The topological polar surface area (TPSA) is 229 Å². The van der Waals surface area contributed by atoms with Gasteiger partial charge in [-0.05, 0) is 101 Å². The number of piperidine rings is 1. The molecular formula is C63H94BN6O12S. The minimum Gasteiger partial charge on any atom is -0.496 e. The number of fused-ring (bicyclic) bond motifs is 6. The van der Waals surface area contributed by atoms with Crippen LogP contribution in [0, 0.1) is 23.2 Å². The maximum absolute atomic E-state index is 15.5. The van der Waals surface area contributed by atoms with Crippen LogP contribution in [0.15, 0.2) is 42.5 Å². The van der Waals surface area contributed by atoms with Crippen LogP contribution in [0.1, 0.15) is 130 Å². The van der Waals surface area contributed by atoms with E-state index >= 15 is 4.79 Å². The van der Waals surface area contributed by atoms with E-state index in [1.165, 1.54) is 53.4 Å².